The van der Waals surface area contributed by atoms with Crippen molar-refractivity contribution in [3.8, 4) is 11.5 Å². The first-order chi connectivity index (χ1) is 13.2. The molecule has 140 valence electrons. The number of anilines is 1. The molecule has 1 atom stereocenters. The molecule has 0 amide bonds. The number of benzene rings is 2. The molecular weight excluding hydrogens is 338 g/mol. The molecule has 1 unspecified atom stereocenters. The summed E-state index contributed by atoms with van der Waals surface area (Å²) in [4.78, 5) is 4.88. The average molecular weight is 363 g/mol. The van der Waals surface area contributed by atoms with Crippen molar-refractivity contribution in [3.05, 3.63) is 59.3 Å². The summed E-state index contributed by atoms with van der Waals surface area (Å²) in [5.74, 6) is 1.48. The minimum absolute atomic E-state index is 0.207. The number of nitrogens with zero attached hydrogens (tertiary/aromatic N) is 1. The molecule has 0 bridgehead atoms. The third-order valence-electron chi connectivity index (χ3n) is 5.31. The van der Waals surface area contributed by atoms with Crippen molar-refractivity contribution in [3.63, 3.8) is 0 Å². The Morgan fingerprint density at radius 3 is 2.74 bits per heavy atom. The van der Waals surface area contributed by atoms with Crippen LogP contribution in [0.1, 0.15) is 35.7 Å². The van der Waals surface area contributed by atoms with Crippen LogP contribution >= 0.6 is 0 Å². The summed E-state index contributed by atoms with van der Waals surface area (Å²) < 4.78 is 10.7. The number of aryl methyl sites for hydroxylation is 1. The van der Waals surface area contributed by atoms with Crippen LogP contribution in [0.3, 0.4) is 0 Å². The van der Waals surface area contributed by atoms with Crippen LogP contribution in [0.15, 0.2) is 42.5 Å². The van der Waals surface area contributed by atoms with Crippen molar-refractivity contribution in [2.75, 3.05) is 20.0 Å². The second kappa shape index (κ2) is 7.45. The Morgan fingerprint density at radius 1 is 1.11 bits per heavy atom. The van der Waals surface area contributed by atoms with E-state index in [9.17, 15) is 0 Å². The van der Waals surface area contributed by atoms with Gasteiger partial charge in [-0.1, -0.05) is 24.3 Å². The zero-order valence-electron chi connectivity index (χ0n) is 15.8. The Bertz CT molecular complexity index is 971. The van der Waals surface area contributed by atoms with Crippen LogP contribution in [0.25, 0.3) is 10.9 Å². The minimum Gasteiger partial charge on any atom is -0.493 e. The average Bonchev–Trinajstić information content (AvgIpc) is 2.72. The van der Waals surface area contributed by atoms with E-state index in [0.717, 1.165) is 65.2 Å². The number of hydrogen-bond acceptors (Lipinski definition) is 5. The van der Waals surface area contributed by atoms with Crippen LogP contribution < -0.4 is 20.5 Å². The minimum atomic E-state index is 0.207. The molecule has 5 nitrogen and oxygen atoms in total. The monoisotopic (exact) mass is 363 g/mol. The number of rotatable bonds is 5. The number of nitrogens with one attached hydrogen (secondary N) is 1. The Hall–Kier alpha value is -2.79. The van der Waals surface area contributed by atoms with Crippen LogP contribution in [-0.4, -0.2) is 19.2 Å². The van der Waals surface area contributed by atoms with E-state index in [-0.39, 0.29) is 6.04 Å². The van der Waals surface area contributed by atoms with Gasteiger partial charge in [-0.3, -0.25) is 4.98 Å². The van der Waals surface area contributed by atoms with Gasteiger partial charge in [-0.2, -0.15) is 0 Å². The number of methoxy groups -OCH3 is 2. The van der Waals surface area contributed by atoms with E-state index in [1.165, 1.54) is 5.56 Å². The fraction of sp³-hybridized carbons (Fsp3) is 0.318. The van der Waals surface area contributed by atoms with Crippen molar-refractivity contribution in [2.45, 2.75) is 31.8 Å². The molecule has 3 N–H and O–H groups in total. The maximum atomic E-state index is 6.57. The number of aromatic nitrogens is 1. The van der Waals surface area contributed by atoms with Gasteiger partial charge >= 0.3 is 0 Å². The second-order valence-electron chi connectivity index (χ2n) is 6.92. The highest BCUT2D eigenvalue weighted by atomic mass is 16.5. The molecule has 0 spiro atoms. The largest absolute Gasteiger partial charge is 0.493 e. The van der Waals surface area contributed by atoms with Crippen molar-refractivity contribution in [1.82, 2.24) is 10.3 Å². The van der Waals surface area contributed by atoms with Crippen LogP contribution in [-0.2, 0) is 13.0 Å². The number of fused-ring (bicyclic) bond motifs is 2. The lowest BCUT2D eigenvalue weighted by molar-refractivity contribution is 0.354. The molecule has 1 aromatic heterocycles. The van der Waals surface area contributed by atoms with Gasteiger partial charge in [-0.25, -0.2) is 0 Å². The summed E-state index contributed by atoms with van der Waals surface area (Å²) in [5, 5.41) is 4.71. The number of hydrogen-bond donors (Lipinski definition) is 2. The van der Waals surface area contributed by atoms with Gasteiger partial charge in [0.05, 0.1) is 19.7 Å². The quantitative estimate of drug-likeness (QED) is 0.717. The first-order valence-corrected chi connectivity index (χ1v) is 9.32. The standard InChI is InChI=1S/C22H25N3O2/c1-26-19-11-10-14(12-20(19)27-2)13-24-17-8-5-9-18-21(17)22(23)15-6-3-4-7-16(15)25-18/h3-4,6-7,10-12,17,24H,5,8-9,13H2,1-2H3,(H2,23,25). The van der Waals surface area contributed by atoms with Crippen LogP contribution in [0.5, 0.6) is 11.5 Å². The van der Waals surface area contributed by atoms with E-state index in [1.807, 2.05) is 30.3 Å². The zero-order chi connectivity index (χ0) is 18.8. The first kappa shape index (κ1) is 17.6. The predicted molar refractivity (Wildman–Crippen MR) is 108 cm³/mol. The molecule has 0 aliphatic heterocycles. The summed E-state index contributed by atoms with van der Waals surface area (Å²) in [6.45, 7) is 0.733. The number of ether oxygens (including phenoxy) is 2. The summed E-state index contributed by atoms with van der Waals surface area (Å²) in [6.07, 6.45) is 3.16. The lowest BCUT2D eigenvalue weighted by Crippen LogP contribution is -2.26. The number of para-hydroxylation sites is 1. The molecular formula is C22H25N3O2. The van der Waals surface area contributed by atoms with Crippen molar-refractivity contribution >= 4 is 16.6 Å². The van der Waals surface area contributed by atoms with Crippen molar-refractivity contribution in [2.24, 2.45) is 0 Å². The molecule has 27 heavy (non-hydrogen) atoms. The van der Waals surface area contributed by atoms with E-state index < -0.39 is 0 Å². The number of nitrogens with two attached hydrogens (primary N) is 1. The van der Waals surface area contributed by atoms with Gasteiger partial charge in [0.25, 0.3) is 0 Å². The third-order valence-corrected chi connectivity index (χ3v) is 5.31. The SMILES string of the molecule is COc1ccc(CNC2CCCc3nc4ccccc4c(N)c32)cc1OC. The Labute approximate surface area is 159 Å². The summed E-state index contributed by atoms with van der Waals surface area (Å²) in [6, 6.07) is 14.3. The summed E-state index contributed by atoms with van der Waals surface area (Å²) in [5.41, 5.74) is 11.8. The van der Waals surface area contributed by atoms with Gasteiger partial charge < -0.3 is 20.5 Å². The lowest BCUT2D eigenvalue weighted by Gasteiger charge is -2.28. The van der Waals surface area contributed by atoms with Crippen molar-refractivity contribution < 1.29 is 9.47 Å². The maximum absolute atomic E-state index is 6.57. The second-order valence-corrected chi connectivity index (χ2v) is 6.92. The molecule has 1 heterocycles. The molecule has 3 aromatic rings. The first-order valence-electron chi connectivity index (χ1n) is 9.32. The molecule has 0 fully saturated rings. The maximum Gasteiger partial charge on any atom is 0.161 e. The van der Waals surface area contributed by atoms with Gasteiger partial charge in [0, 0.05) is 34.9 Å². The lowest BCUT2D eigenvalue weighted by atomic mass is 9.88. The fourth-order valence-corrected chi connectivity index (χ4v) is 3.94. The van der Waals surface area contributed by atoms with E-state index in [0.29, 0.717) is 0 Å². The molecule has 2 aromatic carbocycles. The van der Waals surface area contributed by atoms with Crippen LogP contribution in [0.2, 0.25) is 0 Å². The van der Waals surface area contributed by atoms with Gasteiger partial charge in [0.2, 0.25) is 0 Å². The Kier molecular flexibility index (Phi) is 4.86. The third kappa shape index (κ3) is 3.30. The number of pyridine rings is 1. The van der Waals surface area contributed by atoms with E-state index in [2.05, 4.69) is 17.4 Å². The highest BCUT2D eigenvalue weighted by Gasteiger charge is 2.25. The molecule has 1 aliphatic carbocycles. The van der Waals surface area contributed by atoms with Gasteiger partial charge in [0.15, 0.2) is 11.5 Å². The molecule has 0 saturated carbocycles. The normalized spacial score (nSPS) is 16.1. The molecule has 0 saturated heterocycles. The van der Waals surface area contributed by atoms with Gasteiger partial charge in [-0.05, 0) is 43.0 Å². The Balaban J connectivity index is 1.61. The van der Waals surface area contributed by atoms with Crippen LogP contribution in [0.4, 0.5) is 5.69 Å². The topological polar surface area (TPSA) is 69.4 Å². The zero-order valence-corrected chi connectivity index (χ0v) is 15.8. The smallest absolute Gasteiger partial charge is 0.161 e. The van der Waals surface area contributed by atoms with E-state index in [1.54, 1.807) is 14.2 Å². The molecule has 0 radical (unpaired) electrons. The predicted octanol–water partition coefficient (Wildman–Crippen LogP) is 4.00. The summed E-state index contributed by atoms with van der Waals surface area (Å²) >= 11 is 0. The molecule has 1 aliphatic rings. The van der Waals surface area contributed by atoms with Crippen LogP contribution in [0, 0.1) is 0 Å². The number of nitrogen functional groups attached to an aromatic ring is 1. The molecule has 4 rings (SSSR count). The fourth-order valence-electron chi connectivity index (χ4n) is 3.94. The van der Waals surface area contributed by atoms with Crippen molar-refractivity contribution in [1.29, 1.82) is 0 Å². The van der Waals surface area contributed by atoms with E-state index in [4.69, 9.17) is 20.2 Å². The highest BCUT2D eigenvalue weighted by Crippen LogP contribution is 2.37. The highest BCUT2D eigenvalue weighted by molar-refractivity contribution is 5.92. The Morgan fingerprint density at radius 2 is 1.93 bits per heavy atom. The van der Waals surface area contributed by atoms with Gasteiger partial charge in [-0.15, -0.1) is 0 Å². The molecule has 5 heteroatoms. The van der Waals surface area contributed by atoms with Gasteiger partial charge in [0.1, 0.15) is 0 Å². The van der Waals surface area contributed by atoms with E-state index >= 15 is 0 Å². The summed E-state index contributed by atoms with van der Waals surface area (Å²) in [7, 11) is 3.30.